The minimum Gasteiger partial charge on any atom is -0.489 e. The topological polar surface area (TPSA) is 55.4 Å². The Balaban J connectivity index is 1.68. The fraction of sp³-hybridized carbons (Fsp3) is 0.0588. The van der Waals surface area contributed by atoms with Gasteiger partial charge in [0.2, 0.25) is 0 Å². The van der Waals surface area contributed by atoms with Gasteiger partial charge in [0.25, 0.3) is 11.1 Å². The van der Waals surface area contributed by atoms with Gasteiger partial charge in [-0.25, -0.2) is 0 Å². The Morgan fingerprint density at radius 2 is 1.71 bits per heavy atom. The predicted octanol–water partition coefficient (Wildman–Crippen LogP) is 4.90. The van der Waals surface area contributed by atoms with Gasteiger partial charge in [0, 0.05) is 15.6 Å². The van der Waals surface area contributed by atoms with Crippen molar-refractivity contribution in [2.75, 3.05) is 0 Å². The summed E-state index contributed by atoms with van der Waals surface area (Å²) in [6.45, 7) is 0.256. The molecule has 3 rings (SSSR count). The zero-order valence-corrected chi connectivity index (χ0v) is 14.5. The monoisotopic (exact) mass is 379 g/mol. The summed E-state index contributed by atoms with van der Waals surface area (Å²) in [5, 5.41) is 2.96. The third kappa shape index (κ3) is 3.93. The first-order valence-electron chi connectivity index (χ1n) is 6.93. The van der Waals surface area contributed by atoms with Crippen LogP contribution in [0.1, 0.15) is 11.1 Å². The van der Waals surface area contributed by atoms with Crippen LogP contribution in [0, 0.1) is 0 Å². The van der Waals surface area contributed by atoms with Crippen molar-refractivity contribution in [3.63, 3.8) is 0 Å². The summed E-state index contributed by atoms with van der Waals surface area (Å²) >= 11 is 13.1. The molecule has 0 saturated carbocycles. The largest absolute Gasteiger partial charge is 0.489 e. The Bertz CT molecular complexity index is 814. The van der Waals surface area contributed by atoms with Crippen molar-refractivity contribution >= 4 is 52.2 Å². The van der Waals surface area contributed by atoms with Crippen LogP contribution >= 0.6 is 35.0 Å². The number of hydrogen-bond donors (Lipinski definition) is 1. The molecule has 0 bridgehead atoms. The number of carbonyl (C=O) groups excluding carboxylic acids is 2. The lowest BCUT2D eigenvalue weighted by molar-refractivity contribution is -0.115. The maximum Gasteiger partial charge on any atom is 0.290 e. The van der Waals surface area contributed by atoms with Crippen LogP contribution in [0.25, 0.3) is 6.08 Å². The lowest BCUT2D eigenvalue weighted by Crippen LogP contribution is -2.17. The van der Waals surface area contributed by atoms with E-state index in [2.05, 4.69) is 5.32 Å². The number of benzene rings is 2. The Morgan fingerprint density at radius 3 is 2.29 bits per heavy atom. The van der Waals surface area contributed by atoms with Crippen molar-refractivity contribution in [2.45, 2.75) is 6.61 Å². The minimum absolute atomic E-state index is 0.256. The molecule has 1 saturated heterocycles. The second-order valence-electron chi connectivity index (χ2n) is 4.91. The SMILES string of the molecule is O=C1NC(=O)/C(=C\c2ccc(OCc3c(Cl)cccc3Cl)cc2)S1. The lowest BCUT2D eigenvalue weighted by atomic mass is 10.2. The number of nitrogens with one attached hydrogen (secondary N) is 1. The highest BCUT2D eigenvalue weighted by atomic mass is 35.5. The van der Waals surface area contributed by atoms with E-state index in [1.54, 1.807) is 48.5 Å². The van der Waals surface area contributed by atoms with Crippen molar-refractivity contribution in [1.82, 2.24) is 5.32 Å². The molecule has 2 amide bonds. The molecule has 2 aromatic rings. The predicted molar refractivity (Wildman–Crippen MR) is 96.3 cm³/mol. The summed E-state index contributed by atoms with van der Waals surface area (Å²) in [4.78, 5) is 23.0. The van der Waals surface area contributed by atoms with E-state index in [1.165, 1.54) is 0 Å². The highest BCUT2D eigenvalue weighted by molar-refractivity contribution is 8.18. The molecular weight excluding hydrogens is 369 g/mol. The minimum atomic E-state index is -0.376. The van der Waals surface area contributed by atoms with Gasteiger partial charge in [0.15, 0.2) is 0 Å². The van der Waals surface area contributed by atoms with Gasteiger partial charge in [-0.3, -0.25) is 14.9 Å². The second kappa shape index (κ2) is 7.30. The van der Waals surface area contributed by atoms with Crippen LogP contribution < -0.4 is 10.1 Å². The third-order valence-electron chi connectivity index (χ3n) is 3.26. The van der Waals surface area contributed by atoms with E-state index in [-0.39, 0.29) is 17.8 Å². The van der Waals surface area contributed by atoms with Crippen molar-refractivity contribution in [2.24, 2.45) is 0 Å². The molecule has 0 radical (unpaired) electrons. The summed E-state index contributed by atoms with van der Waals surface area (Å²) in [5.74, 6) is 0.270. The average Bonchev–Trinajstić information content (AvgIpc) is 2.86. The third-order valence-corrected chi connectivity index (χ3v) is 4.78. The number of halogens is 2. The van der Waals surface area contributed by atoms with E-state index in [9.17, 15) is 9.59 Å². The van der Waals surface area contributed by atoms with Crippen LogP contribution in [0.2, 0.25) is 10.0 Å². The number of imide groups is 1. The van der Waals surface area contributed by atoms with Crippen LogP contribution in [-0.2, 0) is 11.4 Å². The van der Waals surface area contributed by atoms with Gasteiger partial charge in [-0.1, -0.05) is 41.4 Å². The van der Waals surface area contributed by atoms with E-state index in [0.29, 0.717) is 20.7 Å². The van der Waals surface area contributed by atoms with Crippen LogP contribution in [0.5, 0.6) is 5.75 Å². The molecule has 0 unspecified atom stereocenters. The number of hydrogen-bond acceptors (Lipinski definition) is 4. The Hall–Kier alpha value is -1.95. The fourth-order valence-corrected chi connectivity index (χ4v) is 3.25. The maximum absolute atomic E-state index is 11.5. The molecule has 1 fully saturated rings. The standard InChI is InChI=1S/C17H11Cl2NO3S/c18-13-2-1-3-14(19)12(13)9-23-11-6-4-10(5-7-11)8-15-16(21)20-17(22)24-15/h1-8H,9H2,(H,20,21,22)/b15-8+. The van der Waals surface area contributed by atoms with Crippen molar-refractivity contribution in [3.8, 4) is 5.75 Å². The van der Waals surface area contributed by atoms with Crippen LogP contribution in [0.3, 0.4) is 0 Å². The first-order valence-corrected chi connectivity index (χ1v) is 8.51. The van der Waals surface area contributed by atoms with E-state index in [1.807, 2.05) is 0 Å². The molecule has 0 aliphatic carbocycles. The zero-order chi connectivity index (χ0) is 17.1. The van der Waals surface area contributed by atoms with E-state index >= 15 is 0 Å². The van der Waals surface area contributed by atoms with Gasteiger partial charge in [-0.2, -0.15) is 0 Å². The quantitative estimate of drug-likeness (QED) is 0.767. The highest BCUT2D eigenvalue weighted by Gasteiger charge is 2.24. The molecule has 0 atom stereocenters. The van der Waals surface area contributed by atoms with Gasteiger partial charge >= 0.3 is 0 Å². The van der Waals surface area contributed by atoms with Crippen molar-refractivity contribution in [3.05, 3.63) is 68.5 Å². The number of rotatable bonds is 4. The summed E-state index contributed by atoms with van der Waals surface area (Å²) in [5.41, 5.74) is 1.52. The van der Waals surface area contributed by atoms with Gasteiger partial charge in [0.1, 0.15) is 12.4 Å². The first-order chi connectivity index (χ1) is 11.5. The maximum atomic E-state index is 11.5. The number of amides is 2. The molecule has 1 heterocycles. The lowest BCUT2D eigenvalue weighted by Gasteiger charge is -2.09. The van der Waals surface area contributed by atoms with Gasteiger partial charge < -0.3 is 4.74 Å². The van der Waals surface area contributed by atoms with Crippen LogP contribution in [-0.4, -0.2) is 11.1 Å². The van der Waals surface area contributed by atoms with Gasteiger partial charge in [-0.15, -0.1) is 0 Å². The van der Waals surface area contributed by atoms with E-state index in [4.69, 9.17) is 27.9 Å². The normalized spacial score (nSPS) is 15.7. The number of ether oxygens (including phenoxy) is 1. The molecule has 0 spiro atoms. The van der Waals surface area contributed by atoms with Crippen molar-refractivity contribution < 1.29 is 14.3 Å². The molecule has 24 heavy (non-hydrogen) atoms. The number of thioether (sulfide) groups is 1. The summed E-state index contributed by atoms with van der Waals surface area (Å²) in [7, 11) is 0. The molecule has 0 aromatic heterocycles. The number of carbonyl (C=O) groups is 2. The molecule has 1 aliphatic heterocycles. The second-order valence-corrected chi connectivity index (χ2v) is 6.74. The van der Waals surface area contributed by atoms with E-state index < -0.39 is 0 Å². The summed E-state index contributed by atoms with van der Waals surface area (Å²) in [6, 6.07) is 12.4. The zero-order valence-electron chi connectivity index (χ0n) is 12.2. The Kier molecular flexibility index (Phi) is 5.14. The van der Waals surface area contributed by atoms with Crippen LogP contribution in [0.4, 0.5) is 4.79 Å². The summed E-state index contributed by atoms with van der Waals surface area (Å²) < 4.78 is 5.69. The van der Waals surface area contributed by atoms with Crippen LogP contribution in [0.15, 0.2) is 47.4 Å². The first kappa shape index (κ1) is 16.9. The average molecular weight is 380 g/mol. The smallest absolute Gasteiger partial charge is 0.290 e. The Labute approximate surface area is 152 Å². The molecule has 122 valence electrons. The fourth-order valence-electron chi connectivity index (χ4n) is 2.06. The molecule has 1 aliphatic rings. The molecular formula is C17H11Cl2NO3S. The Morgan fingerprint density at radius 1 is 1.04 bits per heavy atom. The molecule has 7 heteroatoms. The molecule has 2 aromatic carbocycles. The van der Waals surface area contributed by atoms with Gasteiger partial charge in [0.05, 0.1) is 4.91 Å². The van der Waals surface area contributed by atoms with E-state index in [0.717, 1.165) is 22.9 Å². The highest BCUT2D eigenvalue weighted by Crippen LogP contribution is 2.28. The molecule has 4 nitrogen and oxygen atoms in total. The van der Waals surface area contributed by atoms with Gasteiger partial charge in [-0.05, 0) is 47.7 Å². The van der Waals surface area contributed by atoms with Crippen molar-refractivity contribution in [1.29, 1.82) is 0 Å². The summed E-state index contributed by atoms with van der Waals surface area (Å²) in [6.07, 6.45) is 1.65. The molecule has 1 N–H and O–H groups in total.